The average molecular weight is 274 g/mol. The van der Waals surface area contributed by atoms with Crippen LogP contribution in [0.4, 0.5) is 4.39 Å². The standard InChI is InChI=1S/C14H20FNO.ClH/c1-17-13-9-11(7-8-12(13)15)14(16)10-5-3-2-4-6-10;/h7-10,14H,2-6,16H2,1H3;1H/t14-;/m1./s1. The quantitative estimate of drug-likeness (QED) is 0.908. The van der Waals surface area contributed by atoms with Gasteiger partial charge in [-0.15, -0.1) is 12.4 Å². The molecule has 18 heavy (non-hydrogen) atoms. The molecule has 0 bridgehead atoms. The SMILES string of the molecule is COc1cc([C@H](N)C2CCCCC2)ccc1F.Cl. The van der Waals surface area contributed by atoms with Crippen LogP contribution in [0.25, 0.3) is 0 Å². The van der Waals surface area contributed by atoms with Gasteiger partial charge in [0, 0.05) is 6.04 Å². The van der Waals surface area contributed by atoms with E-state index in [1.165, 1.54) is 45.3 Å². The maximum absolute atomic E-state index is 13.3. The van der Waals surface area contributed by atoms with Crippen LogP contribution in [0.3, 0.4) is 0 Å². The maximum Gasteiger partial charge on any atom is 0.165 e. The van der Waals surface area contributed by atoms with Gasteiger partial charge in [0.1, 0.15) is 0 Å². The predicted octanol–water partition coefficient (Wildman–Crippen LogP) is 3.84. The minimum atomic E-state index is -0.327. The van der Waals surface area contributed by atoms with Crippen molar-refractivity contribution in [2.24, 2.45) is 11.7 Å². The number of nitrogens with two attached hydrogens (primary N) is 1. The van der Waals surface area contributed by atoms with E-state index in [0.717, 1.165) is 5.56 Å². The molecule has 4 heteroatoms. The molecule has 102 valence electrons. The van der Waals surface area contributed by atoms with Crippen molar-refractivity contribution in [2.45, 2.75) is 38.1 Å². The third kappa shape index (κ3) is 3.36. The van der Waals surface area contributed by atoms with Crippen molar-refractivity contribution in [1.29, 1.82) is 0 Å². The van der Waals surface area contributed by atoms with Crippen molar-refractivity contribution in [3.05, 3.63) is 29.6 Å². The first-order chi connectivity index (χ1) is 8.22. The second kappa shape index (κ2) is 6.95. The van der Waals surface area contributed by atoms with Crippen LogP contribution in [-0.4, -0.2) is 7.11 Å². The fourth-order valence-corrected chi connectivity index (χ4v) is 2.65. The average Bonchev–Trinajstić information content (AvgIpc) is 2.39. The lowest BCUT2D eigenvalue weighted by atomic mass is 9.81. The lowest BCUT2D eigenvalue weighted by molar-refractivity contribution is 0.307. The summed E-state index contributed by atoms with van der Waals surface area (Å²) in [5, 5.41) is 0. The van der Waals surface area contributed by atoms with Crippen molar-refractivity contribution in [1.82, 2.24) is 0 Å². The van der Waals surface area contributed by atoms with Crippen LogP contribution in [0.1, 0.15) is 43.7 Å². The molecule has 1 aliphatic rings. The molecule has 1 fully saturated rings. The summed E-state index contributed by atoms with van der Waals surface area (Å²) in [5.74, 6) is 0.486. The second-order valence-corrected chi connectivity index (χ2v) is 4.82. The zero-order valence-electron chi connectivity index (χ0n) is 10.7. The fraction of sp³-hybridized carbons (Fsp3) is 0.571. The van der Waals surface area contributed by atoms with Gasteiger partial charge in [-0.2, -0.15) is 0 Å². The Balaban J connectivity index is 0.00000162. The summed E-state index contributed by atoms with van der Waals surface area (Å²) in [5.41, 5.74) is 7.25. The van der Waals surface area contributed by atoms with Crippen LogP contribution < -0.4 is 10.5 Å². The summed E-state index contributed by atoms with van der Waals surface area (Å²) >= 11 is 0. The number of benzene rings is 1. The molecule has 0 aliphatic heterocycles. The number of hydrogen-bond acceptors (Lipinski definition) is 2. The van der Waals surface area contributed by atoms with Gasteiger partial charge in [-0.3, -0.25) is 0 Å². The molecular weight excluding hydrogens is 253 g/mol. The Morgan fingerprint density at radius 3 is 2.56 bits per heavy atom. The summed E-state index contributed by atoms with van der Waals surface area (Å²) in [6, 6.07) is 4.95. The number of ether oxygens (including phenoxy) is 1. The first-order valence-electron chi connectivity index (χ1n) is 6.31. The van der Waals surface area contributed by atoms with E-state index >= 15 is 0 Å². The third-order valence-electron chi connectivity index (χ3n) is 3.72. The van der Waals surface area contributed by atoms with Crippen molar-refractivity contribution in [3.8, 4) is 5.75 Å². The van der Waals surface area contributed by atoms with E-state index in [-0.39, 0.29) is 30.0 Å². The van der Waals surface area contributed by atoms with E-state index in [4.69, 9.17) is 10.5 Å². The molecule has 2 rings (SSSR count). The highest BCUT2D eigenvalue weighted by molar-refractivity contribution is 5.85. The van der Waals surface area contributed by atoms with E-state index in [2.05, 4.69) is 0 Å². The summed E-state index contributed by atoms with van der Waals surface area (Å²) < 4.78 is 18.3. The van der Waals surface area contributed by atoms with Gasteiger partial charge in [-0.1, -0.05) is 25.3 Å². The van der Waals surface area contributed by atoms with Gasteiger partial charge in [0.2, 0.25) is 0 Å². The van der Waals surface area contributed by atoms with E-state index in [0.29, 0.717) is 5.92 Å². The monoisotopic (exact) mass is 273 g/mol. The number of rotatable bonds is 3. The van der Waals surface area contributed by atoms with Gasteiger partial charge < -0.3 is 10.5 Å². The molecule has 1 atom stereocenters. The van der Waals surface area contributed by atoms with E-state index in [1.54, 1.807) is 12.1 Å². The van der Waals surface area contributed by atoms with E-state index in [1.807, 2.05) is 0 Å². The van der Waals surface area contributed by atoms with Crippen LogP contribution >= 0.6 is 12.4 Å². The highest BCUT2D eigenvalue weighted by Crippen LogP contribution is 2.34. The number of halogens is 2. The number of hydrogen-bond donors (Lipinski definition) is 1. The van der Waals surface area contributed by atoms with E-state index in [9.17, 15) is 4.39 Å². The highest BCUT2D eigenvalue weighted by atomic mass is 35.5. The van der Waals surface area contributed by atoms with Crippen molar-refractivity contribution in [3.63, 3.8) is 0 Å². The first kappa shape index (κ1) is 15.3. The predicted molar refractivity (Wildman–Crippen MR) is 73.7 cm³/mol. The molecule has 1 aliphatic carbocycles. The normalized spacial score (nSPS) is 17.9. The topological polar surface area (TPSA) is 35.2 Å². The summed E-state index contributed by atoms with van der Waals surface area (Å²) in [6.07, 6.45) is 6.20. The van der Waals surface area contributed by atoms with Crippen LogP contribution in [0.2, 0.25) is 0 Å². The second-order valence-electron chi connectivity index (χ2n) is 4.82. The molecule has 1 aromatic carbocycles. The minimum absolute atomic E-state index is 0. The van der Waals surface area contributed by atoms with Gasteiger partial charge in [-0.25, -0.2) is 4.39 Å². The summed E-state index contributed by atoms with van der Waals surface area (Å²) in [7, 11) is 1.48. The molecule has 1 aromatic rings. The molecule has 2 nitrogen and oxygen atoms in total. The Bertz CT molecular complexity index is 380. The molecule has 0 spiro atoms. The van der Waals surface area contributed by atoms with E-state index < -0.39 is 0 Å². The Morgan fingerprint density at radius 2 is 1.94 bits per heavy atom. The van der Waals surface area contributed by atoms with Gasteiger partial charge in [-0.05, 0) is 36.5 Å². The van der Waals surface area contributed by atoms with Gasteiger partial charge >= 0.3 is 0 Å². The first-order valence-corrected chi connectivity index (χ1v) is 6.31. The molecule has 1 saturated carbocycles. The summed E-state index contributed by atoms with van der Waals surface area (Å²) in [4.78, 5) is 0. The molecule has 0 aromatic heterocycles. The molecule has 0 saturated heterocycles. The molecule has 0 heterocycles. The van der Waals surface area contributed by atoms with Crippen LogP contribution in [0, 0.1) is 11.7 Å². The number of methoxy groups -OCH3 is 1. The van der Waals surface area contributed by atoms with Crippen molar-refractivity contribution < 1.29 is 9.13 Å². The summed E-state index contributed by atoms with van der Waals surface area (Å²) in [6.45, 7) is 0. The Kier molecular flexibility index (Phi) is 5.89. The maximum atomic E-state index is 13.3. The molecule has 0 radical (unpaired) electrons. The van der Waals surface area contributed by atoms with Crippen molar-refractivity contribution >= 4 is 12.4 Å². The van der Waals surface area contributed by atoms with Gasteiger partial charge in [0.25, 0.3) is 0 Å². The smallest absolute Gasteiger partial charge is 0.165 e. The fourth-order valence-electron chi connectivity index (χ4n) is 2.65. The lowest BCUT2D eigenvalue weighted by Crippen LogP contribution is -2.23. The van der Waals surface area contributed by atoms with Gasteiger partial charge in [0.05, 0.1) is 7.11 Å². The Morgan fingerprint density at radius 1 is 1.28 bits per heavy atom. The zero-order chi connectivity index (χ0) is 12.3. The Labute approximate surface area is 114 Å². The molecule has 2 N–H and O–H groups in total. The molecule has 0 amide bonds. The van der Waals surface area contributed by atoms with Crippen LogP contribution in [0.5, 0.6) is 5.75 Å². The highest BCUT2D eigenvalue weighted by Gasteiger charge is 2.22. The Hall–Kier alpha value is -0.800. The largest absolute Gasteiger partial charge is 0.494 e. The molecular formula is C14H21ClFNO. The lowest BCUT2D eigenvalue weighted by Gasteiger charge is -2.28. The zero-order valence-corrected chi connectivity index (χ0v) is 11.5. The third-order valence-corrected chi connectivity index (χ3v) is 3.72. The van der Waals surface area contributed by atoms with Crippen LogP contribution in [0.15, 0.2) is 18.2 Å². The molecule has 0 unspecified atom stereocenters. The minimum Gasteiger partial charge on any atom is -0.494 e. The van der Waals surface area contributed by atoms with Crippen LogP contribution in [-0.2, 0) is 0 Å². The van der Waals surface area contributed by atoms with Gasteiger partial charge in [0.15, 0.2) is 11.6 Å². The van der Waals surface area contributed by atoms with Crippen molar-refractivity contribution in [2.75, 3.05) is 7.11 Å².